The minimum atomic E-state index is 0.0811. The molecule has 1 aliphatic heterocycles. The summed E-state index contributed by atoms with van der Waals surface area (Å²) >= 11 is 5.89. The Morgan fingerprint density at radius 3 is 2.84 bits per heavy atom. The molecule has 2 N–H and O–H groups in total. The summed E-state index contributed by atoms with van der Waals surface area (Å²) in [5.74, 6) is 0. The third-order valence-electron chi connectivity index (χ3n) is 3.85. The van der Waals surface area contributed by atoms with Crippen molar-refractivity contribution in [2.24, 2.45) is 5.73 Å². The first-order valence-electron chi connectivity index (χ1n) is 7.03. The average molecular weight is 283 g/mol. The Morgan fingerprint density at radius 1 is 1.42 bits per heavy atom. The third kappa shape index (κ3) is 4.18. The molecule has 2 unspecified atom stereocenters. The Kier molecular flexibility index (Phi) is 5.64. The van der Waals surface area contributed by atoms with Crippen LogP contribution in [0.2, 0.25) is 5.02 Å². The number of nitrogens with zero attached hydrogens (tertiary/aromatic N) is 1. The Balaban J connectivity index is 1.85. The van der Waals surface area contributed by atoms with Gasteiger partial charge in [-0.1, -0.05) is 30.7 Å². The summed E-state index contributed by atoms with van der Waals surface area (Å²) in [6.07, 6.45) is 2.11. The van der Waals surface area contributed by atoms with E-state index in [9.17, 15) is 0 Å². The summed E-state index contributed by atoms with van der Waals surface area (Å²) in [7, 11) is 0. The van der Waals surface area contributed by atoms with Gasteiger partial charge in [-0.05, 0) is 30.5 Å². The lowest BCUT2D eigenvalue weighted by Crippen LogP contribution is -2.45. The van der Waals surface area contributed by atoms with Gasteiger partial charge in [-0.25, -0.2) is 0 Å². The molecule has 4 heteroatoms. The van der Waals surface area contributed by atoms with Gasteiger partial charge in [0.15, 0.2) is 0 Å². The fraction of sp³-hybridized carbons (Fsp3) is 0.600. The largest absolute Gasteiger partial charge is 0.378 e. The van der Waals surface area contributed by atoms with Gasteiger partial charge >= 0.3 is 0 Å². The molecule has 0 radical (unpaired) electrons. The molecule has 0 bridgehead atoms. The van der Waals surface area contributed by atoms with Crippen LogP contribution in [0.15, 0.2) is 24.3 Å². The molecule has 1 aliphatic rings. The summed E-state index contributed by atoms with van der Waals surface area (Å²) in [4.78, 5) is 2.50. The lowest BCUT2D eigenvalue weighted by molar-refractivity contribution is -0.00964. The summed E-state index contributed by atoms with van der Waals surface area (Å²) in [6, 6.07) is 8.47. The first-order chi connectivity index (χ1) is 9.20. The van der Waals surface area contributed by atoms with Crippen molar-refractivity contribution in [3.63, 3.8) is 0 Å². The Hall–Kier alpha value is -0.610. The minimum Gasteiger partial charge on any atom is -0.378 e. The van der Waals surface area contributed by atoms with Crippen LogP contribution in [-0.4, -0.2) is 37.2 Å². The second-order valence-electron chi connectivity index (χ2n) is 5.12. The molecular weight excluding hydrogens is 260 g/mol. The number of ether oxygens (including phenoxy) is 1. The van der Waals surface area contributed by atoms with Crippen LogP contribution in [0.25, 0.3) is 0 Å². The molecule has 0 aromatic heterocycles. The van der Waals surface area contributed by atoms with E-state index in [1.807, 2.05) is 24.3 Å². The molecule has 3 nitrogen and oxygen atoms in total. The van der Waals surface area contributed by atoms with Gasteiger partial charge in [-0.15, -0.1) is 0 Å². The van der Waals surface area contributed by atoms with Gasteiger partial charge in [-0.2, -0.15) is 0 Å². The number of hydrogen-bond donors (Lipinski definition) is 1. The zero-order chi connectivity index (χ0) is 13.7. The van der Waals surface area contributed by atoms with Crippen molar-refractivity contribution in [2.45, 2.75) is 31.8 Å². The van der Waals surface area contributed by atoms with E-state index in [-0.39, 0.29) is 6.04 Å². The SMILES string of the molecule is CCC1COCCN1CCC(N)c1ccc(Cl)cc1. The molecule has 2 rings (SSSR count). The van der Waals surface area contributed by atoms with Crippen molar-refractivity contribution in [1.29, 1.82) is 0 Å². The maximum absolute atomic E-state index is 6.25. The van der Waals surface area contributed by atoms with E-state index < -0.39 is 0 Å². The number of morpholine rings is 1. The molecule has 1 heterocycles. The number of halogens is 1. The fourth-order valence-corrected chi connectivity index (χ4v) is 2.67. The van der Waals surface area contributed by atoms with Gasteiger partial charge < -0.3 is 10.5 Å². The standard InChI is InChI=1S/C15H23ClN2O/c1-2-14-11-19-10-9-18(14)8-7-15(17)12-3-5-13(16)6-4-12/h3-6,14-15H,2,7-11,17H2,1H3. The second kappa shape index (κ2) is 7.25. The zero-order valence-electron chi connectivity index (χ0n) is 11.5. The van der Waals surface area contributed by atoms with Crippen molar-refractivity contribution >= 4 is 11.6 Å². The fourth-order valence-electron chi connectivity index (χ4n) is 2.54. The monoisotopic (exact) mass is 282 g/mol. The highest BCUT2D eigenvalue weighted by Crippen LogP contribution is 2.19. The van der Waals surface area contributed by atoms with Crippen LogP contribution in [0.5, 0.6) is 0 Å². The highest BCUT2D eigenvalue weighted by molar-refractivity contribution is 6.30. The topological polar surface area (TPSA) is 38.5 Å². The van der Waals surface area contributed by atoms with Crippen LogP contribution in [0.3, 0.4) is 0 Å². The highest BCUT2D eigenvalue weighted by Gasteiger charge is 2.21. The van der Waals surface area contributed by atoms with Crippen molar-refractivity contribution in [3.05, 3.63) is 34.9 Å². The van der Waals surface area contributed by atoms with Crippen LogP contribution < -0.4 is 5.73 Å². The summed E-state index contributed by atoms with van der Waals surface area (Å²) in [6.45, 7) is 5.96. The first-order valence-corrected chi connectivity index (χ1v) is 7.41. The van der Waals surface area contributed by atoms with Crippen LogP contribution >= 0.6 is 11.6 Å². The van der Waals surface area contributed by atoms with Gasteiger partial charge in [0.2, 0.25) is 0 Å². The van der Waals surface area contributed by atoms with Gasteiger partial charge in [-0.3, -0.25) is 4.90 Å². The lowest BCUT2D eigenvalue weighted by Gasteiger charge is -2.35. The normalized spacial score (nSPS) is 22.4. The predicted octanol–water partition coefficient (Wildman–Crippen LogP) is 2.84. The molecule has 0 spiro atoms. The van der Waals surface area contributed by atoms with E-state index in [1.54, 1.807) is 0 Å². The molecule has 1 fully saturated rings. The van der Waals surface area contributed by atoms with Gasteiger partial charge in [0.25, 0.3) is 0 Å². The van der Waals surface area contributed by atoms with E-state index in [4.69, 9.17) is 22.1 Å². The molecule has 1 saturated heterocycles. The van der Waals surface area contributed by atoms with Crippen molar-refractivity contribution in [1.82, 2.24) is 4.90 Å². The van der Waals surface area contributed by atoms with Crippen molar-refractivity contribution in [3.8, 4) is 0 Å². The number of nitrogens with two attached hydrogens (primary N) is 1. The summed E-state index contributed by atoms with van der Waals surface area (Å²) in [5, 5.41) is 0.759. The molecule has 1 aromatic rings. The molecule has 0 saturated carbocycles. The lowest BCUT2D eigenvalue weighted by atomic mass is 10.0. The van der Waals surface area contributed by atoms with E-state index in [0.29, 0.717) is 6.04 Å². The first kappa shape index (κ1) is 14.8. The van der Waals surface area contributed by atoms with E-state index in [0.717, 1.165) is 49.7 Å². The molecule has 106 valence electrons. The number of benzene rings is 1. The molecule has 0 aliphatic carbocycles. The van der Waals surface area contributed by atoms with Crippen LogP contribution in [0.1, 0.15) is 31.4 Å². The van der Waals surface area contributed by atoms with Crippen molar-refractivity contribution < 1.29 is 4.74 Å². The molecule has 0 amide bonds. The third-order valence-corrected chi connectivity index (χ3v) is 4.10. The Morgan fingerprint density at radius 2 is 2.16 bits per heavy atom. The Labute approximate surface area is 120 Å². The van der Waals surface area contributed by atoms with E-state index >= 15 is 0 Å². The molecular formula is C15H23ClN2O. The van der Waals surface area contributed by atoms with Gasteiger partial charge in [0.05, 0.1) is 13.2 Å². The maximum Gasteiger partial charge on any atom is 0.0622 e. The summed E-state index contributed by atoms with van der Waals surface area (Å²) < 4.78 is 5.52. The smallest absolute Gasteiger partial charge is 0.0622 e. The quantitative estimate of drug-likeness (QED) is 0.902. The highest BCUT2D eigenvalue weighted by atomic mass is 35.5. The average Bonchev–Trinajstić information content (AvgIpc) is 2.45. The molecule has 1 aromatic carbocycles. The number of hydrogen-bond acceptors (Lipinski definition) is 3. The molecule has 19 heavy (non-hydrogen) atoms. The van der Waals surface area contributed by atoms with Crippen LogP contribution in [0, 0.1) is 0 Å². The van der Waals surface area contributed by atoms with E-state index in [2.05, 4.69) is 11.8 Å². The zero-order valence-corrected chi connectivity index (χ0v) is 12.3. The summed E-state index contributed by atoms with van der Waals surface area (Å²) in [5.41, 5.74) is 7.41. The number of rotatable bonds is 5. The second-order valence-corrected chi connectivity index (χ2v) is 5.56. The molecule has 2 atom stereocenters. The maximum atomic E-state index is 6.25. The van der Waals surface area contributed by atoms with E-state index in [1.165, 1.54) is 0 Å². The van der Waals surface area contributed by atoms with Gasteiger partial charge in [0, 0.05) is 30.2 Å². The van der Waals surface area contributed by atoms with Crippen LogP contribution in [-0.2, 0) is 4.74 Å². The van der Waals surface area contributed by atoms with Crippen molar-refractivity contribution in [2.75, 3.05) is 26.3 Å². The van der Waals surface area contributed by atoms with Crippen LogP contribution in [0.4, 0.5) is 0 Å². The Bertz CT molecular complexity index is 382. The minimum absolute atomic E-state index is 0.0811. The van der Waals surface area contributed by atoms with Gasteiger partial charge in [0.1, 0.15) is 0 Å². The predicted molar refractivity (Wildman–Crippen MR) is 79.5 cm³/mol.